The van der Waals surface area contributed by atoms with E-state index < -0.39 is 22.0 Å². The van der Waals surface area contributed by atoms with Crippen molar-refractivity contribution in [1.82, 2.24) is 9.46 Å². The van der Waals surface area contributed by atoms with Crippen LogP contribution in [0.2, 0.25) is 0 Å². The van der Waals surface area contributed by atoms with Gasteiger partial charge >= 0.3 is 0 Å². The molecule has 3 rings (SSSR count). The second-order valence-corrected chi connectivity index (χ2v) is 9.75. The molecule has 0 saturated carbocycles. The molecule has 0 aliphatic carbocycles. The number of benzene rings is 1. The summed E-state index contributed by atoms with van der Waals surface area (Å²) in [4.78, 5) is 12.8. The van der Waals surface area contributed by atoms with Crippen molar-refractivity contribution in [3.8, 4) is 0 Å². The Balaban J connectivity index is 1.81. The predicted octanol–water partition coefficient (Wildman–Crippen LogP) is 3.07. The van der Waals surface area contributed by atoms with Gasteiger partial charge in [0.25, 0.3) is 0 Å². The van der Waals surface area contributed by atoms with Crippen molar-refractivity contribution < 1.29 is 17.7 Å². The van der Waals surface area contributed by atoms with E-state index in [0.717, 1.165) is 5.56 Å². The number of nitrogens with zero attached hydrogens (tertiary/aromatic N) is 2. The summed E-state index contributed by atoms with van der Waals surface area (Å²) in [6.45, 7) is 8.25. The Morgan fingerprint density at radius 2 is 1.93 bits per heavy atom. The summed E-state index contributed by atoms with van der Waals surface area (Å²) in [5.74, 6) is 0.465. The molecule has 8 heteroatoms. The number of anilines is 1. The molecule has 1 atom stereocenters. The summed E-state index contributed by atoms with van der Waals surface area (Å²) >= 11 is 0. The van der Waals surface area contributed by atoms with Crippen molar-refractivity contribution in [3.63, 3.8) is 0 Å². The van der Waals surface area contributed by atoms with E-state index in [1.807, 2.05) is 12.1 Å². The SMILES string of the molecule is Cc1cc(NC(=O)C2CCCN2S(=O)(=O)c2ccc(C(C)(C)C)cc2)no1. The van der Waals surface area contributed by atoms with Crippen LogP contribution >= 0.6 is 0 Å². The molecule has 1 amide bonds. The van der Waals surface area contributed by atoms with Gasteiger partial charge in [-0.2, -0.15) is 4.31 Å². The van der Waals surface area contributed by atoms with Crippen molar-refractivity contribution in [1.29, 1.82) is 0 Å². The molecule has 0 bridgehead atoms. The normalized spacial score (nSPS) is 18.6. The van der Waals surface area contributed by atoms with Gasteiger partial charge in [-0.15, -0.1) is 0 Å². The van der Waals surface area contributed by atoms with Crippen LogP contribution in [0.25, 0.3) is 0 Å². The van der Waals surface area contributed by atoms with Crippen LogP contribution in [0.5, 0.6) is 0 Å². The third-order valence-corrected chi connectivity index (χ3v) is 6.63. The highest BCUT2D eigenvalue weighted by Crippen LogP contribution is 2.29. The van der Waals surface area contributed by atoms with Gasteiger partial charge in [-0.05, 0) is 42.9 Å². The molecule has 1 aliphatic rings. The van der Waals surface area contributed by atoms with Crippen molar-refractivity contribution in [3.05, 3.63) is 41.7 Å². The van der Waals surface area contributed by atoms with Gasteiger partial charge in [-0.25, -0.2) is 8.42 Å². The van der Waals surface area contributed by atoms with Crippen LogP contribution in [0, 0.1) is 6.92 Å². The van der Waals surface area contributed by atoms with E-state index in [2.05, 4.69) is 31.2 Å². The third kappa shape index (κ3) is 4.06. The number of carbonyl (C=O) groups excluding carboxylic acids is 1. The van der Waals surface area contributed by atoms with Gasteiger partial charge in [-0.3, -0.25) is 4.79 Å². The number of aromatic nitrogens is 1. The van der Waals surface area contributed by atoms with Crippen LogP contribution in [0.1, 0.15) is 44.9 Å². The molecule has 1 unspecified atom stereocenters. The smallest absolute Gasteiger partial charge is 0.244 e. The van der Waals surface area contributed by atoms with Gasteiger partial charge in [0.05, 0.1) is 4.90 Å². The summed E-state index contributed by atoms with van der Waals surface area (Å²) in [5, 5.41) is 6.37. The standard InChI is InChI=1S/C19H25N3O4S/c1-13-12-17(21-26-13)20-18(23)16-6-5-11-22(16)27(24,25)15-9-7-14(8-10-15)19(2,3)4/h7-10,12,16H,5-6,11H2,1-4H3,(H,20,21,23). The number of aryl methyl sites for hydroxylation is 1. The van der Waals surface area contributed by atoms with Crippen molar-refractivity contribution in [2.45, 2.75) is 56.9 Å². The van der Waals surface area contributed by atoms with E-state index in [0.29, 0.717) is 25.1 Å². The molecule has 1 aromatic heterocycles. The molecule has 1 fully saturated rings. The van der Waals surface area contributed by atoms with Crippen LogP contribution in [-0.4, -0.2) is 36.4 Å². The Morgan fingerprint density at radius 3 is 2.48 bits per heavy atom. The molecule has 2 heterocycles. The number of sulfonamides is 1. The summed E-state index contributed by atoms with van der Waals surface area (Å²) in [7, 11) is -3.75. The third-order valence-electron chi connectivity index (χ3n) is 4.71. The fourth-order valence-electron chi connectivity index (χ4n) is 3.19. The van der Waals surface area contributed by atoms with Gasteiger partial charge in [0.15, 0.2) is 5.82 Å². The second kappa shape index (κ2) is 7.09. The first-order valence-corrected chi connectivity index (χ1v) is 10.4. The quantitative estimate of drug-likeness (QED) is 0.865. The maximum Gasteiger partial charge on any atom is 0.244 e. The largest absolute Gasteiger partial charge is 0.360 e. The molecule has 0 spiro atoms. The lowest BCUT2D eigenvalue weighted by atomic mass is 9.87. The Hall–Kier alpha value is -2.19. The zero-order valence-corrected chi connectivity index (χ0v) is 16.8. The summed E-state index contributed by atoms with van der Waals surface area (Å²) in [5.41, 5.74) is 0.993. The molecule has 1 saturated heterocycles. The molecule has 146 valence electrons. The average molecular weight is 391 g/mol. The van der Waals surface area contributed by atoms with E-state index >= 15 is 0 Å². The lowest BCUT2D eigenvalue weighted by molar-refractivity contribution is -0.119. The first-order valence-electron chi connectivity index (χ1n) is 8.95. The fourth-order valence-corrected chi connectivity index (χ4v) is 4.84. The number of carbonyl (C=O) groups is 1. The molecule has 1 aromatic carbocycles. The van der Waals surface area contributed by atoms with Crippen LogP contribution in [0.4, 0.5) is 5.82 Å². The average Bonchev–Trinajstić information content (AvgIpc) is 3.23. The maximum absolute atomic E-state index is 13.1. The molecule has 7 nitrogen and oxygen atoms in total. The van der Waals surface area contributed by atoms with Crippen molar-refractivity contribution >= 4 is 21.7 Å². The minimum Gasteiger partial charge on any atom is -0.360 e. The second-order valence-electron chi connectivity index (χ2n) is 7.86. The number of hydrogen-bond acceptors (Lipinski definition) is 5. The van der Waals surface area contributed by atoms with E-state index in [4.69, 9.17) is 4.52 Å². The van der Waals surface area contributed by atoms with Crippen LogP contribution in [-0.2, 0) is 20.2 Å². The summed E-state index contributed by atoms with van der Waals surface area (Å²) in [6.07, 6.45) is 1.11. The van der Waals surface area contributed by atoms with E-state index in [9.17, 15) is 13.2 Å². The Kier molecular flexibility index (Phi) is 5.14. The zero-order valence-electron chi connectivity index (χ0n) is 16.0. The van der Waals surface area contributed by atoms with E-state index in [1.165, 1.54) is 4.31 Å². The zero-order chi connectivity index (χ0) is 19.8. The Labute approximate surface area is 159 Å². The van der Waals surface area contributed by atoms with Crippen LogP contribution in [0.3, 0.4) is 0 Å². The number of nitrogens with one attached hydrogen (secondary N) is 1. The lowest BCUT2D eigenvalue weighted by Gasteiger charge is -2.24. The molecular weight excluding hydrogens is 366 g/mol. The monoisotopic (exact) mass is 391 g/mol. The van der Waals surface area contributed by atoms with Crippen molar-refractivity contribution in [2.75, 3.05) is 11.9 Å². The van der Waals surface area contributed by atoms with Crippen LogP contribution < -0.4 is 5.32 Å². The maximum atomic E-state index is 13.1. The Bertz CT molecular complexity index is 927. The molecule has 1 N–H and O–H groups in total. The van der Waals surface area contributed by atoms with Gasteiger partial charge in [0.2, 0.25) is 15.9 Å². The highest BCUT2D eigenvalue weighted by molar-refractivity contribution is 7.89. The van der Waals surface area contributed by atoms with Gasteiger partial charge < -0.3 is 9.84 Å². The number of amides is 1. The van der Waals surface area contributed by atoms with E-state index in [1.54, 1.807) is 25.1 Å². The summed E-state index contributed by atoms with van der Waals surface area (Å²) < 4.78 is 32.4. The fraction of sp³-hybridized carbons (Fsp3) is 0.474. The molecule has 1 aliphatic heterocycles. The highest BCUT2D eigenvalue weighted by Gasteiger charge is 2.39. The van der Waals surface area contributed by atoms with Gasteiger partial charge in [0.1, 0.15) is 11.8 Å². The molecule has 2 aromatic rings. The van der Waals surface area contributed by atoms with Crippen molar-refractivity contribution in [2.24, 2.45) is 0 Å². The lowest BCUT2D eigenvalue weighted by Crippen LogP contribution is -2.43. The Morgan fingerprint density at radius 1 is 1.26 bits per heavy atom. The first-order chi connectivity index (χ1) is 12.6. The van der Waals surface area contributed by atoms with E-state index in [-0.39, 0.29) is 16.1 Å². The van der Waals surface area contributed by atoms with Gasteiger partial charge in [-0.1, -0.05) is 38.1 Å². The first kappa shape index (κ1) is 19.6. The molecule has 0 radical (unpaired) electrons. The van der Waals surface area contributed by atoms with Crippen LogP contribution in [0.15, 0.2) is 39.8 Å². The summed E-state index contributed by atoms with van der Waals surface area (Å²) in [6, 6.07) is 7.73. The molecular formula is C19H25N3O4S. The van der Waals surface area contributed by atoms with Gasteiger partial charge in [0, 0.05) is 12.6 Å². The topological polar surface area (TPSA) is 92.5 Å². The predicted molar refractivity (Wildman–Crippen MR) is 102 cm³/mol. The number of hydrogen-bond donors (Lipinski definition) is 1. The number of rotatable bonds is 4. The minimum atomic E-state index is -3.75. The minimum absolute atomic E-state index is 0.0614. The molecule has 27 heavy (non-hydrogen) atoms. The highest BCUT2D eigenvalue weighted by atomic mass is 32.2.